The smallest absolute Gasteiger partial charge is 0.269 e. The molecular weight excluding hydrogens is 216 g/mol. The minimum atomic E-state index is -0.325. The number of fused-ring (bicyclic) bond motifs is 1. The Labute approximate surface area is 101 Å². The third-order valence-electron chi connectivity index (χ3n) is 3.76. The Hall–Kier alpha value is -1.42. The highest BCUT2D eigenvalue weighted by atomic mass is 16.6. The van der Waals surface area contributed by atoms with Crippen molar-refractivity contribution >= 4 is 5.69 Å². The van der Waals surface area contributed by atoms with Crippen molar-refractivity contribution in [3.05, 3.63) is 39.4 Å². The second-order valence-electron chi connectivity index (χ2n) is 5.35. The molecule has 0 radical (unpaired) electrons. The van der Waals surface area contributed by atoms with E-state index in [1.807, 2.05) is 13.1 Å². The normalized spacial score (nSPS) is 21.9. The lowest BCUT2D eigenvalue weighted by Gasteiger charge is -2.39. The Balaban J connectivity index is 2.51. The molecule has 0 spiro atoms. The van der Waals surface area contributed by atoms with Gasteiger partial charge in [0.05, 0.1) is 4.92 Å². The van der Waals surface area contributed by atoms with Crippen LogP contribution in [0.25, 0.3) is 0 Å². The molecule has 0 amide bonds. The Morgan fingerprint density at radius 1 is 1.47 bits per heavy atom. The number of non-ortho nitro benzene ring substituents is 1. The zero-order valence-corrected chi connectivity index (χ0v) is 10.5. The second kappa shape index (κ2) is 4.11. The topological polar surface area (TPSA) is 55.2 Å². The third kappa shape index (κ3) is 2.05. The maximum Gasteiger partial charge on any atom is 0.269 e. The molecule has 1 atom stereocenters. The summed E-state index contributed by atoms with van der Waals surface area (Å²) in [6, 6.07) is 5.40. The van der Waals surface area contributed by atoms with E-state index < -0.39 is 0 Å². The van der Waals surface area contributed by atoms with Gasteiger partial charge in [-0.2, -0.15) is 0 Å². The van der Waals surface area contributed by atoms with Crippen molar-refractivity contribution in [3.63, 3.8) is 0 Å². The molecule has 4 heteroatoms. The number of aryl methyl sites for hydroxylation is 1. The summed E-state index contributed by atoms with van der Waals surface area (Å²) in [4.78, 5) is 10.5. The molecule has 0 aromatic heterocycles. The standard InChI is InChI=1S/C13H18N2O2/c1-13(2)7-6-9-4-5-10(15(16)17)8-11(9)12(13)14-3/h4-5,8,12,14H,6-7H2,1-3H3. The van der Waals surface area contributed by atoms with Crippen LogP contribution in [0.1, 0.15) is 37.4 Å². The molecule has 1 aliphatic carbocycles. The van der Waals surface area contributed by atoms with Crippen LogP contribution in [0.15, 0.2) is 18.2 Å². The van der Waals surface area contributed by atoms with Crippen molar-refractivity contribution in [1.29, 1.82) is 0 Å². The number of nitrogens with one attached hydrogen (secondary N) is 1. The van der Waals surface area contributed by atoms with Gasteiger partial charge in [0.1, 0.15) is 0 Å². The van der Waals surface area contributed by atoms with Gasteiger partial charge in [-0.3, -0.25) is 10.1 Å². The first-order chi connectivity index (χ1) is 7.95. The fraction of sp³-hybridized carbons (Fsp3) is 0.538. The SMILES string of the molecule is CNC1c2cc([N+](=O)[O-])ccc2CCC1(C)C. The van der Waals surface area contributed by atoms with Gasteiger partial charge in [-0.15, -0.1) is 0 Å². The van der Waals surface area contributed by atoms with E-state index in [1.165, 1.54) is 5.56 Å². The van der Waals surface area contributed by atoms with E-state index in [0.29, 0.717) is 0 Å². The van der Waals surface area contributed by atoms with Gasteiger partial charge in [0.15, 0.2) is 0 Å². The molecule has 0 saturated heterocycles. The summed E-state index contributed by atoms with van der Waals surface area (Å²) in [7, 11) is 1.92. The van der Waals surface area contributed by atoms with Crippen molar-refractivity contribution in [2.24, 2.45) is 5.41 Å². The largest absolute Gasteiger partial charge is 0.313 e. The number of benzene rings is 1. The number of nitrogens with zero attached hydrogens (tertiary/aromatic N) is 1. The number of hydrogen-bond donors (Lipinski definition) is 1. The van der Waals surface area contributed by atoms with E-state index in [1.54, 1.807) is 12.1 Å². The first-order valence-electron chi connectivity index (χ1n) is 5.90. The lowest BCUT2D eigenvalue weighted by Crippen LogP contribution is -2.36. The van der Waals surface area contributed by atoms with Crippen LogP contribution in [0.2, 0.25) is 0 Å². The molecule has 2 rings (SSSR count). The van der Waals surface area contributed by atoms with E-state index in [0.717, 1.165) is 18.4 Å². The quantitative estimate of drug-likeness (QED) is 0.632. The van der Waals surface area contributed by atoms with Gasteiger partial charge in [-0.25, -0.2) is 0 Å². The van der Waals surface area contributed by atoms with Crippen molar-refractivity contribution < 1.29 is 4.92 Å². The van der Waals surface area contributed by atoms with Crippen LogP contribution >= 0.6 is 0 Å². The maximum atomic E-state index is 10.8. The minimum Gasteiger partial charge on any atom is -0.313 e. The highest BCUT2D eigenvalue weighted by molar-refractivity contribution is 5.43. The molecule has 0 aliphatic heterocycles. The highest BCUT2D eigenvalue weighted by Crippen LogP contribution is 2.44. The number of nitro groups is 1. The summed E-state index contributed by atoms with van der Waals surface area (Å²) in [5.74, 6) is 0. The lowest BCUT2D eigenvalue weighted by molar-refractivity contribution is -0.385. The van der Waals surface area contributed by atoms with Gasteiger partial charge in [-0.1, -0.05) is 19.9 Å². The monoisotopic (exact) mass is 234 g/mol. The zero-order valence-electron chi connectivity index (χ0n) is 10.5. The second-order valence-corrected chi connectivity index (χ2v) is 5.35. The third-order valence-corrected chi connectivity index (χ3v) is 3.76. The first kappa shape index (κ1) is 12.0. The van der Waals surface area contributed by atoms with Crippen molar-refractivity contribution in [2.75, 3.05) is 7.05 Å². The fourth-order valence-corrected chi connectivity index (χ4v) is 2.76. The molecule has 1 aromatic carbocycles. The molecule has 1 aromatic rings. The predicted octanol–water partition coefficient (Wildman–Crippen LogP) is 2.83. The predicted molar refractivity (Wildman–Crippen MR) is 67.0 cm³/mol. The Morgan fingerprint density at radius 2 is 2.18 bits per heavy atom. The van der Waals surface area contributed by atoms with Crippen LogP contribution in [0.5, 0.6) is 0 Å². The lowest BCUT2D eigenvalue weighted by atomic mass is 9.70. The summed E-state index contributed by atoms with van der Waals surface area (Å²) in [5.41, 5.74) is 2.63. The summed E-state index contributed by atoms with van der Waals surface area (Å²) >= 11 is 0. The molecule has 1 N–H and O–H groups in total. The van der Waals surface area contributed by atoms with Crippen molar-refractivity contribution in [3.8, 4) is 0 Å². The van der Waals surface area contributed by atoms with Gasteiger partial charge in [0, 0.05) is 18.2 Å². The van der Waals surface area contributed by atoms with Gasteiger partial charge in [0.25, 0.3) is 5.69 Å². The zero-order chi connectivity index (χ0) is 12.6. The number of nitro benzene ring substituents is 1. The molecule has 92 valence electrons. The van der Waals surface area contributed by atoms with E-state index in [-0.39, 0.29) is 22.1 Å². The van der Waals surface area contributed by atoms with E-state index in [4.69, 9.17) is 0 Å². The van der Waals surface area contributed by atoms with Crippen LogP contribution in [0.4, 0.5) is 5.69 Å². The molecule has 4 nitrogen and oxygen atoms in total. The van der Waals surface area contributed by atoms with Crippen LogP contribution < -0.4 is 5.32 Å². The molecule has 0 saturated carbocycles. The molecule has 0 bridgehead atoms. The molecule has 1 unspecified atom stereocenters. The van der Waals surface area contributed by atoms with Crippen LogP contribution in [0, 0.1) is 15.5 Å². The average Bonchev–Trinajstić information content (AvgIpc) is 2.27. The van der Waals surface area contributed by atoms with E-state index in [2.05, 4.69) is 19.2 Å². The molecule has 1 aliphatic rings. The number of rotatable bonds is 2. The van der Waals surface area contributed by atoms with E-state index in [9.17, 15) is 10.1 Å². The Kier molecular flexibility index (Phi) is 2.91. The van der Waals surface area contributed by atoms with Gasteiger partial charge >= 0.3 is 0 Å². The minimum absolute atomic E-state index is 0.136. The first-order valence-corrected chi connectivity index (χ1v) is 5.90. The molecule has 17 heavy (non-hydrogen) atoms. The summed E-state index contributed by atoms with van der Waals surface area (Å²) in [6.07, 6.45) is 2.10. The van der Waals surface area contributed by atoms with Crippen LogP contribution in [-0.4, -0.2) is 12.0 Å². The summed E-state index contributed by atoms with van der Waals surface area (Å²) < 4.78 is 0. The molecule has 0 heterocycles. The Bertz CT molecular complexity index is 455. The van der Waals surface area contributed by atoms with Gasteiger partial charge in [-0.05, 0) is 36.4 Å². The fourth-order valence-electron chi connectivity index (χ4n) is 2.76. The van der Waals surface area contributed by atoms with Gasteiger partial charge < -0.3 is 5.32 Å². The van der Waals surface area contributed by atoms with Crippen molar-refractivity contribution in [1.82, 2.24) is 5.32 Å². The average molecular weight is 234 g/mol. The van der Waals surface area contributed by atoms with E-state index >= 15 is 0 Å². The Morgan fingerprint density at radius 3 is 2.76 bits per heavy atom. The molecule has 0 fully saturated rings. The highest BCUT2D eigenvalue weighted by Gasteiger charge is 2.35. The van der Waals surface area contributed by atoms with Crippen molar-refractivity contribution in [2.45, 2.75) is 32.7 Å². The number of hydrogen-bond acceptors (Lipinski definition) is 3. The summed E-state index contributed by atoms with van der Waals surface area (Å²) in [6.45, 7) is 4.41. The van der Waals surface area contributed by atoms with Crippen LogP contribution in [-0.2, 0) is 6.42 Å². The molecular formula is C13H18N2O2. The van der Waals surface area contributed by atoms with Crippen LogP contribution in [0.3, 0.4) is 0 Å². The van der Waals surface area contributed by atoms with Gasteiger partial charge in [0.2, 0.25) is 0 Å². The maximum absolute atomic E-state index is 10.8. The summed E-state index contributed by atoms with van der Waals surface area (Å²) in [5, 5.41) is 14.1.